The van der Waals surface area contributed by atoms with Gasteiger partial charge in [0, 0.05) is 32.4 Å². The van der Waals surface area contributed by atoms with Crippen LogP contribution in [0.1, 0.15) is 54.4 Å². The molecule has 0 unspecified atom stereocenters. The highest BCUT2D eigenvalue weighted by molar-refractivity contribution is 5.92. The lowest BCUT2D eigenvalue weighted by Gasteiger charge is -2.31. The van der Waals surface area contributed by atoms with Gasteiger partial charge < -0.3 is 14.1 Å². The maximum Gasteiger partial charge on any atom is 0.291 e. The van der Waals surface area contributed by atoms with Crippen LogP contribution in [0.4, 0.5) is 0 Å². The number of hydrogen-bond donors (Lipinski definition) is 0. The highest BCUT2D eigenvalue weighted by atomic mass is 16.5. The second-order valence-electron chi connectivity index (χ2n) is 7.54. The van der Waals surface area contributed by atoms with Gasteiger partial charge in [0.1, 0.15) is 11.9 Å². The van der Waals surface area contributed by atoms with Gasteiger partial charge in [0.05, 0.1) is 5.69 Å². The lowest BCUT2D eigenvalue weighted by molar-refractivity contribution is 0.0564. The van der Waals surface area contributed by atoms with E-state index in [0.29, 0.717) is 36.4 Å². The van der Waals surface area contributed by atoms with Gasteiger partial charge in [-0.25, -0.2) is 4.98 Å². The number of benzene rings is 1. The zero-order chi connectivity index (χ0) is 18.7. The van der Waals surface area contributed by atoms with Crippen molar-refractivity contribution in [1.29, 1.82) is 0 Å². The summed E-state index contributed by atoms with van der Waals surface area (Å²) in [7, 11) is 0. The van der Waals surface area contributed by atoms with Crippen molar-refractivity contribution in [3.8, 4) is 5.75 Å². The number of ether oxygens (including phenoxy) is 1. The normalized spacial score (nSPS) is 15.5. The summed E-state index contributed by atoms with van der Waals surface area (Å²) in [6, 6.07) is 8.10. The Hall–Kier alpha value is -2.30. The second kappa shape index (κ2) is 7.94. The van der Waals surface area contributed by atoms with Gasteiger partial charge >= 0.3 is 0 Å². The number of likely N-dealkylation sites (tertiary alicyclic amines) is 1. The molecule has 1 aliphatic rings. The predicted molar refractivity (Wildman–Crippen MR) is 101 cm³/mol. The van der Waals surface area contributed by atoms with E-state index in [4.69, 9.17) is 9.15 Å². The standard InChI is InChI=1S/C21H28N2O3/c1-14(2)13-19-22-16(4)20(26-19)21(24)23-11-9-18(10-12-23)25-17-7-5-15(3)6-8-17/h5-8,14,18H,9-13H2,1-4H3. The fraction of sp³-hybridized carbons (Fsp3) is 0.524. The molecular formula is C21H28N2O3. The Kier molecular flexibility index (Phi) is 5.64. The van der Waals surface area contributed by atoms with Gasteiger partial charge in [-0.15, -0.1) is 0 Å². The average Bonchev–Trinajstić information content (AvgIpc) is 2.96. The van der Waals surface area contributed by atoms with Crippen LogP contribution in [-0.2, 0) is 6.42 Å². The lowest BCUT2D eigenvalue weighted by Crippen LogP contribution is -2.41. The number of nitrogens with zero attached hydrogens (tertiary/aromatic N) is 2. The number of aryl methyl sites for hydroxylation is 2. The minimum atomic E-state index is -0.0567. The van der Waals surface area contributed by atoms with Crippen molar-refractivity contribution in [3.63, 3.8) is 0 Å². The molecule has 0 bridgehead atoms. The molecule has 0 aliphatic carbocycles. The Morgan fingerprint density at radius 2 is 1.88 bits per heavy atom. The SMILES string of the molecule is Cc1ccc(OC2CCN(C(=O)c3oc(CC(C)C)nc3C)CC2)cc1. The number of hydrogen-bond acceptors (Lipinski definition) is 4. The van der Waals surface area contributed by atoms with E-state index in [9.17, 15) is 4.79 Å². The molecule has 0 saturated carbocycles. The Bertz CT molecular complexity index is 741. The first-order chi connectivity index (χ1) is 12.4. The van der Waals surface area contributed by atoms with E-state index in [0.717, 1.165) is 25.0 Å². The van der Waals surface area contributed by atoms with Crippen molar-refractivity contribution in [2.75, 3.05) is 13.1 Å². The van der Waals surface area contributed by atoms with Gasteiger partial charge in [0.2, 0.25) is 5.76 Å². The fourth-order valence-corrected chi connectivity index (χ4v) is 3.22. The minimum Gasteiger partial charge on any atom is -0.490 e. The van der Waals surface area contributed by atoms with Crippen molar-refractivity contribution in [3.05, 3.63) is 47.2 Å². The number of piperidine rings is 1. The van der Waals surface area contributed by atoms with Crippen LogP contribution in [0.15, 0.2) is 28.7 Å². The molecule has 0 radical (unpaired) electrons. The maximum atomic E-state index is 12.8. The number of amides is 1. The van der Waals surface area contributed by atoms with Gasteiger partial charge in [-0.3, -0.25) is 4.79 Å². The average molecular weight is 356 g/mol. The summed E-state index contributed by atoms with van der Waals surface area (Å²) in [5.74, 6) is 2.33. The molecule has 2 heterocycles. The number of rotatable bonds is 5. The van der Waals surface area contributed by atoms with E-state index in [1.54, 1.807) is 0 Å². The first-order valence-electron chi connectivity index (χ1n) is 9.41. The van der Waals surface area contributed by atoms with Crippen molar-refractivity contribution in [1.82, 2.24) is 9.88 Å². The first kappa shape index (κ1) is 18.5. The molecule has 1 aromatic heterocycles. The van der Waals surface area contributed by atoms with Crippen molar-refractivity contribution in [2.24, 2.45) is 5.92 Å². The summed E-state index contributed by atoms with van der Waals surface area (Å²) in [4.78, 5) is 19.0. The summed E-state index contributed by atoms with van der Waals surface area (Å²) < 4.78 is 11.8. The molecule has 140 valence electrons. The van der Waals surface area contributed by atoms with Crippen LogP contribution in [0.3, 0.4) is 0 Å². The van der Waals surface area contributed by atoms with Gasteiger partial charge in [0.25, 0.3) is 5.91 Å². The third-order valence-corrected chi connectivity index (χ3v) is 4.67. The van der Waals surface area contributed by atoms with E-state index in [-0.39, 0.29) is 12.0 Å². The molecule has 1 amide bonds. The van der Waals surface area contributed by atoms with Crippen LogP contribution in [0.2, 0.25) is 0 Å². The zero-order valence-electron chi connectivity index (χ0n) is 16.1. The van der Waals surface area contributed by atoms with Crippen LogP contribution < -0.4 is 4.74 Å². The smallest absolute Gasteiger partial charge is 0.291 e. The van der Waals surface area contributed by atoms with Gasteiger partial charge in [-0.05, 0) is 31.9 Å². The van der Waals surface area contributed by atoms with Crippen LogP contribution in [0.5, 0.6) is 5.75 Å². The molecule has 5 heteroatoms. The third kappa shape index (κ3) is 4.45. The molecule has 1 saturated heterocycles. The van der Waals surface area contributed by atoms with E-state index in [1.807, 2.05) is 24.0 Å². The third-order valence-electron chi connectivity index (χ3n) is 4.67. The van der Waals surface area contributed by atoms with Crippen molar-refractivity contribution in [2.45, 2.75) is 53.1 Å². The summed E-state index contributed by atoms with van der Waals surface area (Å²) in [6.07, 6.45) is 2.55. The lowest BCUT2D eigenvalue weighted by atomic mass is 10.1. The molecule has 1 aliphatic heterocycles. The molecular weight excluding hydrogens is 328 g/mol. The van der Waals surface area contributed by atoms with Crippen molar-refractivity contribution < 1.29 is 13.9 Å². The van der Waals surface area contributed by atoms with Crippen molar-refractivity contribution >= 4 is 5.91 Å². The molecule has 1 fully saturated rings. The summed E-state index contributed by atoms with van der Waals surface area (Å²) in [5.41, 5.74) is 1.90. The number of aromatic nitrogens is 1. The Morgan fingerprint density at radius 1 is 1.23 bits per heavy atom. The predicted octanol–water partition coefficient (Wildman–Crippen LogP) is 4.17. The van der Waals surface area contributed by atoms with Crippen LogP contribution in [0.25, 0.3) is 0 Å². The zero-order valence-corrected chi connectivity index (χ0v) is 16.1. The highest BCUT2D eigenvalue weighted by Crippen LogP contribution is 2.22. The number of oxazole rings is 1. The fourth-order valence-electron chi connectivity index (χ4n) is 3.22. The van der Waals surface area contributed by atoms with E-state index >= 15 is 0 Å². The molecule has 1 aromatic carbocycles. The van der Waals surface area contributed by atoms with Crippen LogP contribution >= 0.6 is 0 Å². The topological polar surface area (TPSA) is 55.6 Å². The highest BCUT2D eigenvalue weighted by Gasteiger charge is 2.28. The molecule has 0 atom stereocenters. The second-order valence-corrected chi connectivity index (χ2v) is 7.54. The van der Waals surface area contributed by atoms with E-state index in [1.165, 1.54) is 5.56 Å². The van der Waals surface area contributed by atoms with Gasteiger partial charge in [-0.1, -0.05) is 31.5 Å². The van der Waals surface area contributed by atoms with Gasteiger partial charge in [-0.2, -0.15) is 0 Å². The number of carbonyl (C=O) groups excluding carboxylic acids is 1. The Morgan fingerprint density at radius 3 is 2.50 bits per heavy atom. The summed E-state index contributed by atoms with van der Waals surface area (Å²) in [5, 5.41) is 0. The number of carbonyl (C=O) groups is 1. The van der Waals surface area contributed by atoms with Crippen LogP contribution in [0, 0.1) is 19.8 Å². The van der Waals surface area contributed by atoms with E-state index < -0.39 is 0 Å². The summed E-state index contributed by atoms with van der Waals surface area (Å²) >= 11 is 0. The largest absolute Gasteiger partial charge is 0.490 e. The first-order valence-corrected chi connectivity index (χ1v) is 9.41. The molecule has 3 rings (SSSR count). The minimum absolute atomic E-state index is 0.0567. The molecule has 0 N–H and O–H groups in total. The maximum absolute atomic E-state index is 12.8. The molecule has 5 nitrogen and oxygen atoms in total. The summed E-state index contributed by atoms with van der Waals surface area (Å²) in [6.45, 7) is 9.48. The Balaban J connectivity index is 1.56. The quantitative estimate of drug-likeness (QED) is 0.807. The molecule has 26 heavy (non-hydrogen) atoms. The monoisotopic (exact) mass is 356 g/mol. The van der Waals surface area contributed by atoms with E-state index in [2.05, 4.69) is 37.9 Å². The van der Waals surface area contributed by atoms with Crippen LogP contribution in [-0.4, -0.2) is 35.0 Å². The molecule has 0 spiro atoms. The Labute approximate surface area is 155 Å². The molecule has 2 aromatic rings. The van der Waals surface area contributed by atoms with Gasteiger partial charge in [0.15, 0.2) is 5.89 Å².